The van der Waals surface area contributed by atoms with Gasteiger partial charge in [-0.05, 0) is 54.1 Å². The summed E-state index contributed by atoms with van der Waals surface area (Å²) < 4.78 is 15.7. The number of halogens is 1. The molecule has 4 rings (SSSR count). The van der Waals surface area contributed by atoms with E-state index < -0.39 is 0 Å². The Labute approximate surface area is 206 Å². The summed E-state index contributed by atoms with van der Waals surface area (Å²) in [6.45, 7) is 0. The van der Waals surface area contributed by atoms with Crippen molar-refractivity contribution in [2.24, 2.45) is 0 Å². The number of nitrogens with zero attached hydrogens (tertiary/aromatic N) is 1. The zero-order valence-electron chi connectivity index (χ0n) is 19.2. The highest BCUT2D eigenvalue weighted by Crippen LogP contribution is 2.31. The van der Waals surface area contributed by atoms with Crippen molar-refractivity contribution in [1.29, 1.82) is 0 Å². The van der Waals surface area contributed by atoms with E-state index in [1.54, 1.807) is 67.8 Å². The summed E-state index contributed by atoms with van der Waals surface area (Å²) in [6, 6.07) is 17.1. The van der Waals surface area contributed by atoms with Crippen molar-refractivity contribution in [3.05, 3.63) is 88.0 Å². The fourth-order valence-electron chi connectivity index (χ4n) is 3.45. The molecule has 178 valence electrons. The van der Waals surface area contributed by atoms with Crippen LogP contribution in [0.5, 0.6) is 17.2 Å². The Morgan fingerprint density at radius 3 is 2.37 bits per heavy atom. The monoisotopic (exact) mass is 491 g/mol. The van der Waals surface area contributed by atoms with Crippen molar-refractivity contribution >= 4 is 45.2 Å². The van der Waals surface area contributed by atoms with Crippen molar-refractivity contribution in [2.45, 2.75) is 0 Å². The van der Waals surface area contributed by atoms with Gasteiger partial charge >= 0.3 is 0 Å². The van der Waals surface area contributed by atoms with Gasteiger partial charge in [-0.3, -0.25) is 9.59 Å². The van der Waals surface area contributed by atoms with Gasteiger partial charge in [0.25, 0.3) is 11.5 Å². The largest absolute Gasteiger partial charge is 0.497 e. The third kappa shape index (κ3) is 5.28. The van der Waals surface area contributed by atoms with Crippen LogP contribution in [0, 0.1) is 0 Å². The first-order valence-electron chi connectivity index (χ1n) is 10.5. The first-order chi connectivity index (χ1) is 16.9. The van der Waals surface area contributed by atoms with Gasteiger partial charge < -0.3 is 24.5 Å². The Morgan fingerprint density at radius 2 is 1.69 bits per heavy atom. The third-order valence-corrected chi connectivity index (χ3v) is 5.52. The van der Waals surface area contributed by atoms with Gasteiger partial charge in [0.05, 0.1) is 37.3 Å². The maximum atomic E-state index is 12.6. The van der Waals surface area contributed by atoms with Crippen LogP contribution in [0.1, 0.15) is 21.7 Å². The van der Waals surface area contributed by atoms with Crippen LogP contribution in [-0.2, 0) is 0 Å². The Morgan fingerprint density at radius 1 is 0.971 bits per heavy atom. The van der Waals surface area contributed by atoms with E-state index >= 15 is 0 Å². The number of anilines is 1. The van der Waals surface area contributed by atoms with Crippen LogP contribution >= 0.6 is 11.6 Å². The minimum atomic E-state index is -0.363. The second-order valence-electron chi connectivity index (χ2n) is 7.44. The van der Waals surface area contributed by atoms with Crippen LogP contribution in [0.4, 0.5) is 5.69 Å². The van der Waals surface area contributed by atoms with Gasteiger partial charge in [-0.2, -0.15) is 0 Å². The minimum Gasteiger partial charge on any atom is -0.497 e. The molecule has 4 aromatic rings. The Hall–Kier alpha value is -4.30. The standard InChI is InChI=1S/C26H22ClN3O5/c1-33-18-9-7-16(8-10-18)25(31)28-17-6-4-5-15(11-17)12-20(27)24-29-21-14-23(35-3)22(34-2)13-19(21)26(32)30-24/h4-14H,1-3H3,(H,28,31)(H,29,30,32)/b20-12-. The highest BCUT2D eigenvalue weighted by Gasteiger charge is 2.13. The number of aromatic nitrogens is 2. The molecule has 0 saturated carbocycles. The summed E-state index contributed by atoms with van der Waals surface area (Å²) in [5, 5.41) is 3.42. The predicted molar refractivity (Wildman–Crippen MR) is 137 cm³/mol. The van der Waals surface area contributed by atoms with Crippen molar-refractivity contribution < 1.29 is 19.0 Å². The molecule has 0 spiro atoms. The first kappa shape index (κ1) is 23.8. The maximum Gasteiger partial charge on any atom is 0.259 e. The second kappa shape index (κ2) is 10.3. The molecule has 0 saturated heterocycles. The number of fused-ring (bicyclic) bond motifs is 1. The van der Waals surface area contributed by atoms with E-state index in [1.807, 2.05) is 6.07 Å². The molecule has 9 heteroatoms. The lowest BCUT2D eigenvalue weighted by Gasteiger charge is -2.09. The molecule has 8 nitrogen and oxygen atoms in total. The molecule has 2 N–H and O–H groups in total. The zero-order chi connectivity index (χ0) is 24.9. The number of benzene rings is 3. The summed E-state index contributed by atoms with van der Waals surface area (Å²) in [5.41, 5.74) is 1.83. The molecule has 0 aliphatic carbocycles. The summed E-state index contributed by atoms with van der Waals surface area (Å²) in [7, 11) is 4.56. The molecule has 0 aliphatic rings. The number of nitrogens with one attached hydrogen (secondary N) is 2. The van der Waals surface area contributed by atoms with Crippen molar-refractivity contribution in [3.8, 4) is 17.2 Å². The Bertz CT molecular complexity index is 1480. The molecule has 35 heavy (non-hydrogen) atoms. The number of methoxy groups -OCH3 is 3. The topological polar surface area (TPSA) is 103 Å². The van der Waals surface area contributed by atoms with Crippen molar-refractivity contribution in [2.75, 3.05) is 26.6 Å². The van der Waals surface area contributed by atoms with E-state index in [1.165, 1.54) is 14.2 Å². The van der Waals surface area contributed by atoms with E-state index in [2.05, 4.69) is 15.3 Å². The van der Waals surface area contributed by atoms with Crippen molar-refractivity contribution in [3.63, 3.8) is 0 Å². The molecule has 0 fully saturated rings. The summed E-state index contributed by atoms with van der Waals surface area (Å²) >= 11 is 6.50. The Kier molecular flexibility index (Phi) is 7.03. The molecule has 1 amide bonds. The highest BCUT2D eigenvalue weighted by molar-refractivity contribution is 6.50. The molecular formula is C26H22ClN3O5. The molecule has 0 bridgehead atoms. The van der Waals surface area contributed by atoms with Gasteiger partial charge in [0, 0.05) is 17.3 Å². The van der Waals surface area contributed by atoms with Crippen LogP contribution in [0.3, 0.4) is 0 Å². The molecule has 1 aromatic heterocycles. The van der Waals surface area contributed by atoms with E-state index in [4.69, 9.17) is 25.8 Å². The number of hydrogen-bond donors (Lipinski definition) is 2. The predicted octanol–water partition coefficient (Wildman–Crippen LogP) is 4.94. The molecule has 0 radical (unpaired) electrons. The van der Waals surface area contributed by atoms with Gasteiger partial charge in [-0.1, -0.05) is 23.7 Å². The van der Waals surface area contributed by atoms with E-state index in [-0.39, 0.29) is 22.3 Å². The molecule has 1 heterocycles. The summed E-state index contributed by atoms with van der Waals surface area (Å²) in [6.07, 6.45) is 1.65. The molecular weight excluding hydrogens is 470 g/mol. The van der Waals surface area contributed by atoms with Crippen LogP contribution in [-0.4, -0.2) is 37.2 Å². The van der Waals surface area contributed by atoms with Gasteiger partial charge in [-0.25, -0.2) is 4.98 Å². The van der Waals surface area contributed by atoms with Gasteiger partial charge in [0.1, 0.15) is 5.75 Å². The van der Waals surface area contributed by atoms with E-state index in [9.17, 15) is 9.59 Å². The fraction of sp³-hybridized carbons (Fsp3) is 0.115. The van der Waals surface area contributed by atoms with Gasteiger partial charge in [0.2, 0.25) is 0 Å². The SMILES string of the molecule is COc1ccc(C(=O)Nc2cccc(/C=C(\Cl)c3nc4cc(OC)c(OC)cc4c(=O)[nH]3)c2)cc1. The number of carbonyl (C=O) groups is 1. The smallest absolute Gasteiger partial charge is 0.259 e. The number of ether oxygens (including phenoxy) is 3. The molecule has 0 aliphatic heterocycles. The number of aromatic amines is 1. The number of amides is 1. The molecule has 0 unspecified atom stereocenters. The maximum absolute atomic E-state index is 12.6. The normalized spacial score (nSPS) is 11.3. The van der Waals surface area contributed by atoms with Crippen LogP contribution in [0.2, 0.25) is 0 Å². The van der Waals surface area contributed by atoms with Crippen LogP contribution in [0.15, 0.2) is 65.5 Å². The first-order valence-corrected chi connectivity index (χ1v) is 10.9. The van der Waals surface area contributed by atoms with E-state index in [0.717, 1.165) is 0 Å². The van der Waals surface area contributed by atoms with Crippen LogP contribution in [0.25, 0.3) is 22.0 Å². The van der Waals surface area contributed by atoms with Crippen molar-refractivity contribution in [1.82, 2.24) is 9.97 Å². The fourth-order valence-corrected chi connectivity index (χ4v) is 3.66. The number of H-pyrrole nitrogens is 1. The van der Waals surface area contributed by atoms with Crippen LogP contribution < -0.4 is 25.1 Å². The quantitative estimate of drug-likeness (QED) is 0.379. The lowest BCUT2D eigenvalue weighted by molar-refractivity contribution is 0.102. The zero-order valence-corrected chi connectivity index (χ0v) is 20.0. The average Bonchev–Trinajstić information content (AvgIpc) is 2.88. The minimum absolute atomic E-state index is 0.198. The second-order valence-corrected chi connectivity index (χ2v) is 7.85. The molecule has 0 atom stereocenters. The molecule has 3 aromatic carbocycles. The lowest BCUT2D eigenvalue weighted by Crippen LogP contribution is -2.12. The van der Waals surface area contributed by atoms with Gasteiger partial charge in [-0.15, -0.1) is 0 Å². The number of carbonyl (C=O) groups excluding carboxylic acids is 1. The highest BCUT2D eigenvalue weighted by atomic mass is 35.5. The summed E-state index contributed by atoms with van der Waals surface area (Å²) in [4.78, 5) is 32.4. The number of rotatable bonds is 7. The third-order valence-electron chi connectivity index (χ3n) is 5.23. The number of hydrogen-bond acceptors (Lipinski definition) is 6. The van der Waals surface area contributed by atoms with Gasteiger partial charge in [0.15, 0.2) is 17.3 Å². The average molecular weight is 492 g/mol. The Balaban J connectivity index is 1.60. The summed E-state index contributed by atoms with van der Waals surface area (Å²) in [5.74, 6) is 1.48. The van der Waals surface area contributed by atoms with E-state index in [0.29, 0.717) is 45.0 Å². The lowest BCUT2D eigenvalue weighted by atomic mass is 10.1.